The van der Waals surface area contributed by atoms with Crippen molar-refractivity contribution >= 4 is 16.9 Å². The third-order valence-corrected chi connectivity index (χ3v) is 4.05. The average molecular weight is 338 g/mol. The Morgan fingerprint density at radius 1 is 1.16 bits per heavy atom. The van der Waals surface area contributed by atoms with Gasteiger partial charge in [0.1, 0.15) is 11.3 Å². The Hall–Kier alpha value is -3.08. The van der Waals surface area contributed by atoms with Gasteiger partial charge < -0.3 is 14.3 Å². The molecule has 0 bridgehead atoms. The SMILES string of the molecule is Cc1cc(OCC(=O)O)c2c(Cc3ccccc3)c(C)c(=O)oc2c1. The highest BCUT2D eigenvalue weighted by atomic mass is 16.5. The molecule has 0 aliphatic rings. The van der Waals surface area contributed by atoms with E-state index in [9.17, 15) is 9.59 Å². The summed E-state index contributed by atoms with van der Waals surface area (Å²) in [6, 6.07) is 13.3. The molecule has 3 rings (SSSR count). The number of ether oxygens (including phenoxy) is 1. The Labute approximate surface area is 144 Å². The van der Waals surface area contributed by atoms with Crippen LogP contribution in [0.2, 0.25) is 0 Å². The van der Waals surface area contributed by atoms with E-state index in [-0.39, 0.29) is 0 Å². The monoisotopic (exact) mass is 338 g/mol. The molecule has 0 radical (unpaired) electrons. The molecule has 0 fully saturated rings. The second kappa shape index (κ2) is 6.81. The Bertz CT molecular complexity index is 986. The van der Waals surface area contributed by atoms with Crippen molar-refractivity contribution in [1.82, 2.24) is 0 Å². The third kappa shape index (κ3) is 3.55. The van der Waals surface area contributed by atoms with E-state index >= 15 is 0 Å². The molecule has 2 aromatic carbocycles. The summed E-state index contributed by atoms with van der Waals surface area (Å²) in [5.41, 5.74) is 3.17. The van der Waals surface area contributed by atoms with Crippen molar-refractivity contribution in [2.75, 3.05) is 6.61 Å². The molecule has 0 aliphatic heterocycles. The maximum absolute atomic E-state index is 12.2. The average Bonchev–Trinajstić information content (AvgIpc) is 2.57. The van der Waals surface area contributed by atoms with Crippen molar-refractivity contribution in [2.45, 2.75) is 20.3 Å². The standard InChI is InChI=1S/C20H18O5/c1-12-8-16(24-11-18(21)22)19-15(10-14-6-4-3-5-7-14)13(2)20(23)25-17(19)9-12/h3-9H,10-11H2,1-2H3,(H,21,22). The van der Waals surface area contributed by atoms with Gasteiger partial charge in [-0.2, -0.15) is 0 Å². The predicted octanol–water partition coefficient (Wildman–Crippen LogP) is 3.46. The number of rotatable bonds is 5. The van der Waals surface area contributed by atoms with Gasteiger partial charge in [0.05, 0.1) is 5.39 Å². The number of carboxylic acids is 1. The summed E-state index contributed by atoms with van der Waals surface area (Å²) < 4.78 is 10.9. The fourth-order valence-electron chi connectivity index (χ4n) is 2.86. The van der Waals surface area contributed by atoms with E-state index in [1.54, 1.807) is 19.1 Å². The van der Waals surface area contributed by atoms with Crippen LogP contribution < -0.4 is 10.4 Å². The van der Waals surface area contributed by atoms with E-state index in [1.807, 2.05) is 37.3 Å². The van der Waals surface area contributed by atoms with Crippen molar-refractivity contribution in [3.8, 4) is 5.75 Å². The lowest BCUT2D eigenvalue weighted by molar-refractivity contribution is -0.139. The second-order valence-corrected chi connectivity index (χ2v) is 5.97. The maximum Gasteiger partial charge on any atom is 0.341 e. The Morgan fingerprint density at radius 2 is 1.88 bits per heavy atom. The van der Waals surface area contributed by atoms with E-state index in [0.717, 1.165) is 16.7 Å². The topological polar surface area (TPSA) is 76.7 Å². The molecule has 1 heterocycles. The number of hydrogen-bond acceptors (Lipinski definition) is 4. The zero-order valence-corrected chi connectivity index (χ0v) is 14.0. The van der Waals surface area contributed by atoms with Gasteiger partial charge in [0, 0.05) is 5.56 Å². The van der Waals surface area contributed by atoms with Crippen LogP contribution >= 0.6 is 0 Å². The molecule has 5 heteroatoms. The minimum atomic E-state index is -1.06. The minimum absolute atomic E-state index is 0.395. The highest BCUT2D eigenvalue weighted by molar-refractivity contribution is 5.89. The van der Waals surface area contributed by atoms with Crippen LogP contribution in [-0.2, 0) is 11.2 Å². The molecule has 3 aromatic rings. The summed E-state index contributed by atoms with van der Waals surface area (Å²) >= 11 is 0. The van der Waals surface area contributed by atoms with Gasteiger partial charge in [-0.1, -0.05) is 30.3 Å². The number of carboxylic acid groups (broad SMARTS) is 1. The van der Waals surface area contributed by atoms with Gasteiger partial charge in [-0.05, 0) is 49.1 Å². The molecule has 0 atom stereocenters. The van der Waals surface area contributed by atoms with E-state index in [4.69, 9.17) is 14.3 Å². The maximum atomic E-state index is 12.2. The quantitative estimate of drug-likeness (QED) is 0.721. The molecule has 128 valence electrons. The van der Waals surface area contributed by atoms with Crippen LogP contribution in [-0.4, -0.2) is 17.7 Å². The van der Waals surface area contributed by atoms with Crippen LogP contribution in [0.4, 0.5) is 0 Å². The van der Waals surface area contributed by atoms with Gasteiger partial charge in [-0.3, -0.25) is 0 Å². The van der Waals surface area contributed by atoms with Crippen molar-refractivity contribution in [1.29, 1.82) is 0 Å². The van der Waals surface area contributed by atoms with Gasteiger partial charge in [0.25, 0.3) is 0 Å². The van der Waals surface area contributed by atoms with Gasteiger partial charge in [0.15, 0.2) is 6.61 Å². The van der Waals surface area contributed by atoms with Crippen LogP contribution in [0, 0.1) is 13.8 Å². The first-order chi connectivity index (χ1) is 12.0. The lowest BCUT2D eigenvalue weighted by Crippen LogP contribution is -2.12. The summed E-state index contributed by atoms with van der Waals surface area (Å²) in [6.07, 6.45) is 0.529. The lowest BCUT2D eigenvalue weighted by Gasteiger charge is -2.14. The molecule has 0 saturated carbocycles. The van der Waals surface area contributed by atoms with Gasteiger partial charge in [-0.25, -0.2) is 9.59 Å². The summed E-state index contributed by atoms with van der Waals surface area (Å²) in [4.78, 5) is 23.1. The first-order valence-electron chi connectivity index (χ1n) is 7.91. The van der Waals surface area contributed by atoms with Crippen LogP contribution in [0.25, 0.3) is 11.0 Å². The number of carbonyl (C=O) groups is 1. The first-order valence-corrected chi connectivity index (χ1v) is 7.91. The number of aryl methyl sites for hydroxylation is 1. The number of hydrogen-bond donors (Lipinski definition) is 1. The van der Waals surface area contributed by atoms with Crippen molar-refractivity contribution in [3.05, 3.63) is 75.1 Å². The zero-order chi connectivity index (χ0) is 18.0. The molecule has 0 aliphatic carbocycles. The predicted molar refractivity (Wildman–Crippen MR) is 94.3 cm³/mol. The second-order valence-electron chi connectivity index (χ2n) is 5.97. The van der Waals surface area contributed by atoms with E-state index in [1.165, 1.54) is 0 Å². The number of fused-ring (bicyclic) bond motifs is 1. The summed E-state index contributed by atoms with van der Waals surface area (Å²) in [5, 5.41) is 9.57. The van der Waals surface area contributed by atoms with Crippen LogP contribution in [0.5, 0.6) is 5.75 Å². The molecule has 0 unspecified atom stereocenters. The molecule has 1 aromatic heterocycles. The van der Waals surface area contributed by atoms with Crippen molar-refractivity contribution < 1.29 is 19.1 Å². The molecule has 0 saturated heterocycles. The Kier molecular flexibility index (Phi) is 4.57. The molecule has 0 amide bonds. The van der Waals surface area contributed by atoms with E-state index < -0.39 is 18.2 Å². The minimum Gasteiger partial charge on any atom is -0.481 e. The zero-order valence-electron chi connectivity index (χ0n) is 14.0. The smallest absolute Gasteiger partial charge is 0.341 e. The van der Waals surface area contributed by atoms with Crippen molar-refractivity contribution in [2.24, 2.45) is 0 Å². The van der Waals surface area contributed by atoms with Crippen LogP contribution in [0.3, 0.4) is 0 Å². The molecule has 5 nitrogen and oxygen atoms in total. The fraction of sp³-hybridized carbons (Fsp3) is 0.200. The summed E-state index contributed by atoms with van der Waals surface area (Å²) in [5.74, 6) is -0.649. The van der Waals surface area contributed by atoms with Crippen molar-refractivity contribution in [3.63, 3.8) is 0 Å². The van der Waals surface area contributed by atoms with Crippen LogP contribution in [0.15, 0.2) is 51.7 Å². The Balaban J connectivity index is 2.23. The lowest BCUT2D eigenvalue weighted by atomic mass is 9.96. The summed E-state index contributed by atoms with van der Waals surface area (Å²) in [6.45, 7) is 3.09. The fourth-order valence-corrected chi connectivity index (χ4v) is 2.86. The molecule has 0 spiro atoms. The normalized spacial score (nSPS) is 10.8. The van der Waals surface area contributed by atoms with E-state index in [0.29, 0.717) is 28.7 Å². The molecular weight excluding hydrogens is 320 g/mol. The summed E-state index contributed by atoms with van der Waals surface area (Å²) in [7, 11) is 0. The molecule has 1 N–H and O–H groups in total. The van der Waals surface area contributed by atoms with E-state index in [2.05, 4.69) is 0 Å². The van der Waals surface area contributed by atoms with Gasteiger partial charge in [-0.15, -0.1) is 0 Å². The highest BCUT2D eigenvalue weighted by Gasteiger charge is 2.17. The first kappa shape index (κ1) is 16.8. The third-order valence-electron chi connectivity index (χ3n) is 4.05. The number of benzene rings is 2. The van der Waals surface area contributed by atoms with Gasteiger partial charge >= 0.3 is 11.6 Å². The highest BCUT2D eigenvalue weighted by Crippen LogP contribution is 2.32. The Morgan fingerprint density at radius 3 is 2.56 bits per heavy atom. The number of aliphatic carboxylic acids is 1. The largest absolute Gasteiger partial charge is 0.481 e. The van der Waals surface area contributed by atoms with Gasteiger partial charge in [0.2, 0.25) is 0 Å². The molecule has 25 heavy (non-hydrogen) atoms. The van der Waals surface area contributed by atoms with Crippen LogP contribution in [0.1, 0.15) is 22.3 Å². The molecular formula is C20H18O5.